The van der Waals surface area contributed by atoms with Gasteiger partial charge in [-0.1, -0.05) is 30.3 Å². The van der Waals surface area contributed by atoms with Crippen LogP contribution < -0.4 is 14.8 Å². The standard InChI is InChI=1S/C24H33N3O3.HI/c1-25-24(26-14-6-16-30-23-11-9-22(28-2)10-12-23)27-15-13-21(17-27)19-29-18-20-7-4-3-5-8-20;/h3-5,7-12,21H,6,13-19H2,1-2H3,(H,25,26);1H. The number of methoxy groups -OCH3 is 1. The highest BCUT2D eigenvalue weighted by Crippen LogP contribution is 2.18. The molecule has 0 bridgehead atoms. The number of nitrogens with one attached hydrogen (secondary N) is 1. The van der Waals surface area contributed by atoms with E-state index in [0.717, 1.165) is 56.5 Å². The first kappa shape index (κ1) is 25.3. The van der Waals surface area contributed by atoms with Crippen LogP contribution in [0.3, 0.4) is 0 Å². The molecule has 2 aromatic carbocycles. The van der Waals surface area contributed by atoms with Gasteiger partial charge in [0.15, 0.2) is 5.96 Å². The highest BCUT2D eigenvalue weighted by Gasteiger charge is 2.24. The van der Waals surface area contributed by atoms with Crippen LogP contribution >= 0.6 is 24.0 Å². The van der Waals surface area contributed by atoms with Gasteiger partial charge < -0.3 is 24.4 Å². The van der Waals surface area contributed by atoms with Gasteiger partial charge in [0, 0.05) is 32.6 Å². The molecule has 1 heterocycles. The fraction of sp³-hybridized carbons (Fsp3) is 0.458. The lowest BCUT2D eigenvalue weighted by Gasteiger charge is -2.21. The van der Waals surface area contributed by atoms with E-state index in [2.05, 4.69) is 27.3 Å². The van der Waals surface area contributed by atoms with E-state index >= 15 is 0 Å². The Morgan fingerprint density at radius 2 is 1.84 bits per heavy atom. The number of ether oxygens (including phenoxy) is 3. The Morgan fingerprint density at radius 1 is 1.10 bits per heavy atom. The van der Waals surface area contributed by atoms with E-state index in [1.165, 1.54) is 5.56 Å². The molecular weight excluding hydrogens is 505 g/mol. The van der Waals surface area contributed by atoms with Crippen LogP contribution in [-0.2, 0) is 11.3 Å². The van der Waals surface area contributed by atoms with Crippen molar-refractivity contribution in [3.63, 3.8) is 0 Å². The van der Waals surface area contributed by atoms with Crippen molar-refractivity contribution >= 4 is 29.9 Å². The van der Waals surface area contributed by atoms with Gasteiger partial charge in [0.1, 0.15) is 11.5 Å². The lowest BCUT2D eigenvalue weighted by molar-refractivity contribution is 0.0906. The molecule has 1 aliphatic rings. The predicted octanol–water partition coefficient (Wildman–Crippen LogP) is 4.20. The monoisotopic (exact) mass is 539 g/mol. The van der Waals surface area contributed by atoms with Crippen molar-refractivity contribution in [2.24, 2.45) is 10.9 Å². The summed E-state index contributed by atoms with van der Waals surface area (Å²) in [7, 11) is 3.50. The maximum Gasteiger partial charge on any atom is 0.193 e. The summed E-state index contributed by atoms with van der Waals surface area (Å²) < 4.78 is 16.9. The zero-order valence-corrected chi connectivity index (χ0v) is 20.8. The van der Waals surface area contributed by atoms with Crippen LogP contribution in [-0.4, -0.2) is 57.9 Å². The van der Waals surface area contributed by atoms with Crippen molar-refractivity contribution in [3.8, 4) is 11.5 Å². The summed E-state index contributed by atoms with van der Waals surface area (Å²) in [6.45, 7) is 4.95. The van der Waals surface area contributed by atoms with Crippen molar-refractivity contribution in [2.45, 2.75) is 19.4 Å². The van der Waals surface area contributed by atoms with Crippen LogP contribution in [0, 0.1) is 5.92 Å². The SMILES string of the molecule is CN=C(NCCCOc1ccc(OC)cc1)N1CCC(COCc2ccccc2)C1.I. The van der Waals surface area contributed by atoms with Gasteiger partial charge in [-0.3, -0.25) is 4.99 Å². The third-order valence-corrected chi connectivity index (χ3v) is 5.19. The molecule has 1 N–H and O–H groups in total. The number of hydrogen-bond acceptors (Lipinski definition) is 4. The maximum absolute atomic E-state index is 5.92. The first-order valence-electron chi connectivity index (χ1n) is 10.6. The highest BCUT2D eigenvalue weighted by atomic mass is 127. The highest BCUT2D eigenvalue weighted by molar-refractivity contribution is 14.0. The summed E-state index contributed by atoms with van der Waals surface area (Å²) in [4.78, 5) is 6.76. The van der Waals surface area contributed by atoms with Gasteiger partial charge in [-0.15, -0.1) is 24.0 Å². The zero-order valence-electron chi connectivity index (χ0n) is 18.5. The number of rotatable bonds is 10. The Kier molecular flexibility index (Phi) is 11.5. The second kappa shape index (κ2) is 14.1. The fourth-order valence-corrected chi connectivity index (χ4v) is 3.55. The number of nitrogens with zero attached hydrogens (tertiary/aromatic N) is 2. The van der Waals surface area contributed by atoms with Crippen LogP contribution in [0.25, 0.3) is 0 Å². The lowest BCUT2D eigenvalue weighted by Crippen LogP contribution is -2.40. The summed E-state index contributed by atoms with van der Waals surface area (Å²) in [5, 5.41) is 3.45. The molecule has 1 unspecified atom stereocenters. The van der Waals surface area contributed by atoms with E-state index in [4.69, 9.17) is 14.2 Å². The topological polar surface area (TPSA) is 55.3 Å². The molecule has 0 aromatic heterocycles. The third-order valence-electron chi connectivity index (χ3n) is 5.19. The third kappa shape index (κ3) is 8.57. The van der Waals surface area contributed by atoms with Crippen molar-refractivity contribution in [3.05, 3.63) is 60.2 Å². The number of guanidine groups is 1. The lowest BCUT2D eigenvalue weighted by atomic mass is 10.1. The predicted molar refractivity (Wildman–Crippen MR) is 136 cm³/mol. The molecule has 1 atom stereocenters. The van der Waals surface area contributed by atoms with Gasteiger partial charge >= 0.3 is 0 Å². The summed E-state index contributed by atoms with van der Waals surface area (Å²) in [6, 6.07) is 18.0. The van der Waals surface area contributed by atoms with Gasteiger partial charge in [-0.2, -0.15) is 0 Å². The van der Waals surface area contributed by atoms with Crippen molar-refractivity contribution in [1.29, 1.82) is 0 Å². The molecule has 31 heavy (non-hydrogen) atoms. The van der Waals surface area contributed by atoms with E-state index < -0.39 is 0 Å². The smallest absolute Gasteiger partial charge is 0.193 e. The molecule has 1 aliphatic heterocycles. The fourth-order valence-electron chi connectivity index (χ4n) is 3.55. The van der Waals surface area contributed by atoms with Crippen molar-refractivity contribution in [1.82, 2.24) is 10.2 Å². The van der Waals surface area contributed by atoms with Gasteiger partial charge in [-0.05, 0) is 42.7 Å². The molecule has 0 amide bonds. The number of aliphatic imine (C=N–C) groups is 1. The number of halogens is 1. The minimum absolute atomic E-state index is 0. The number of likely N-dealkylation sites (tertiary alicyclic amines) is 1. The molecule has 1 fully saturated rings. The van der Waals surface area contributed by atoms with E-state index in [1.54, 1.807) is 7.11 Å². The number of benzene rings is 2. The van der Waals surface area contributed by atoms with Gasteiger partial charge in [-0.25, -0.2) is 0 Å². The Hall–Kier alpha value is -2.00. The van der Waals surface area contributed by atoms with E-state index in [0.29, 0.717) is 19.1 Å². The average molecular weight is 539 g/mol. The molecule has 170 valence electrons. The Balaban J connectivity index is 0.00000341. The normalized spacial score (nSPS) is 16.0. The molecule has 0 radical (unpaired) electrons. The van der Waals surface area contributed by atoms with E-state index in [1.807, 2.05) is 49.5 Å². The quantitative estimate of drug-likeness (QED) is 0.212. The second-order valence-corrected chi connectivity index (χ2v) is 7.45. The Bertz CT molecular complexity index is 771. The van der Waals surface area contributed by atoms with E-state index in [9.17, 15) is 0 Å². The molecule has 0 aliphatic carbocycles. The van der Waals surface area contributed by atoms with Crippen molar-refractivity contribution < 1.29 is 14.2 Å². The minimum atomic E-state index is 0. The molecule has 2 aromatic rings. The molecule has 3 rings (SSSR count). The first-order chi connectivity index (χ1) is 14.8. The molecule has 0 saturated carbocycles. The molecule has 6 nitrogen and oxygen atoms in total. The Labute approximate surface area is 203 Å². The van der Waals surface area contributed by atoms with Gasteiger partial charge in [0.25, 0.3) is 0 Å². The summed E-state index contributed by atoms with van der Waals surface area (Å²) in [6.07, 6.45) is 2.04. The average Bonchev–Trinajstić information content (AvgIpc) is 3.26. The largest absolute Gasteiger partial charge is 0.497 e. The summed E-state index contributed by atoms with van der Waals surface area (Å²) in [5.41, 5.74) is 1.22. The zero-order chi connectivity index (χ0) is 21.0. The van der Waals surface area contributed by atoms with Crippen LogP contribution in [0.4, 0.5) is 0 Å². The number of hydrogen-bond donors (Lipinski definition) is 1. The minimum Gasteiger partial charge on any atom is -0.497 e. The molecular formula is C24H34IN3O3. The van der Waals surface area contributed by atoms with Gasteiger partial charge in [0.2, 0.25) is 0 Å². The van der Waals surface area contributed by atoms with Crippen molar-refractivity contribution in [2.75, 3.05) is 47.0 Å². The van der Waals surface area contributed by atoms with E-state index in [-0.39, 0.29) is 24.0 Å². The first-order valence-corrected chi connectivity index (χ1v) is 10.6. The molecule has 1 saturated heterocycles. The summed E-state index contributed by atoms with van der Waals surface area (Å²) >= 11 is 0. The van der Waals surface area contributed by atoms with Crippen LogP contribution in [0.5, 0.6) is 11.5 Å². The van der Waals surface area contributed by atoms with Gasteiger partial charge in [0.05, 0.1) is 26.9 Å². The van der Waals surface area contributed by atoms with Crippen LogP contribution in [0.15, 0.2) is 59.6 Å². The maximum atomic E-state index is 5.92. The second-order valence-electron chi connectivity index (χ2n) is 7.45. The molecule has 7 heteroatoms. The summed E-state index contributed by atoms with van der Waals surface area (Å²) in [5.74, 6) is 3.20. The van der Waals surface area contributed by atoms with Crippen LogP contribution in [0.1, 0.15) is 18.4 Å². The Morgan fingerprint density at radius 3 is 2.55 bits per heavy atom. The van der Waals surface area contributed by atoms with Crippen LogP contribution in [0.2, 0.25) is 0 Å². The molecule has 0 spiro atoms.